The Labute approximate surface area is 151 Å². The van der Waals surface area contributed by atoms with Crippen LogP contribution in [0.4, 0.5) is 0 Å². The smallest absolute Gasteiger partial charge is 0.321 e. The summed E-state index contributed by atoms with van der Waals surface area (Å²) in [6.07, 6.45) is 0.581. The van der Waals surface area contributed by atoms with Crippen LogP contribution in [0.2, 0.25) is 5.02 Å². The van der Waals surface area contributed by atoms with Gasteiger partial charge in [-0.05, 0) is 18.6 Å². The van der Waals surface area contributed by atoms with Gasteiger partial charge in [-0.3, -0.25) is 9.59 Å². The second-order valence-electron chi connectivity index (χ2n) is 5.49. The molecule has 0 bridgehead atoms. The van der Waals surface area contributed by atoms with Gasteiger partial charge in [-0.1, -0.05) is 24.9 Å². The van der Waals surface area contributed by atoms with Crippen LogP contribution in [0.25, 0.3) is 0 Å². The topological polar surface area (TPSA) is 113 Å². The Morgan fingerprint density at radius 2 is 1.96 bits per heavy atom. The Morgan fingerprint density at radius 3 is 2.40 bits per heavy atom. The third-order valence-electron chi connectivity index (χ3n) is 3.32. The lowest BCUT2D eigenvalue weighted by molar-refractivity contribution is -0.139. The summed E-state index contributed by atoms with van der Waals surface area (Å²) >= 11 is 5.96. The van der Waals surface area contributed by atoms with E-state index in [0.717, 1.165) is 6.07 Å². The maximum Gasteiger partial charge on any atom is 0.321 e. The summed E-state index contributed by atoms with van der Waals surface area (Å²) in [5, 5.41) is 9.17. The molecule has 0 aliphatic carbocycles. The van der Waals surface area contributed by atoms with Crippen molar-refractivity contribution >= 4 is 33.5 Å². The minimum atomic E-state index is -4.28. The van der Waals surface area contributed by atoms with Crippen molar-refractivity contribution in [2.45, 2.75) is 30.7 Å². The van der Waals surface area contributed by atoms with E-state index in [1.54, 1.807) is 6.92 Å². The van der Waals surface area contributed by atoms with Crippen LogP contribution in [0.3, 0.4) is 0 Å². The fourth-order valence-electron chi connectivity index (χ4n) is 2.15. The zero-order valence-electron chi connectivity index (χ0n) is 14.4. The molecule has 0 spiro atoms. The minimum absolute atomic E-state index is 0.00809. The highest BCUT2D eigenvalue weighted by Crippen LogP contribution is 2.32. The number of rotatable bonds is 8. The molecule has 0 heterocycles. The largest absolute Gasteiger partial charge is 0.494 e. The number of benzene rings is 1. The van der Waals surface area contributed by atoms with Gasteiger partial charge >= 0.3 is 5.97 Å². The van der Waals surface area contributed by atoms with Crippen LogP contribution in [0.1, 0.15) is 30.1 Å². The normalized spacial score (nSPS) is 12.5. The highest BCUT2D eigenvalue weighted by molar-refractivity contribution is 7.89. The molecule has 0 fully saturated rings. The molecule has 8 nitrogen and oxygen atoms in total. The van der Waals surface area contributed by atoms with E-state index in [-0.39, 0.29) is 22.8 Å². The molecule has 0 saturated heterocycles. The van der Waals surface area contributed by atoms with Gasteiger partial charge in [0.15, 0.2) is 5.75 Å². The van der Waals surface area contributed by atoms with Gasteiger partial charge in [-0.25, -0.2) is 8.42 Å². The van der Waals surface area contributed by atoms with Crippen molar-refractivity contribution < 1.29 is 27.9 Å². The Morgan fingerprint density at radius 1 is 1.36 bits per heavy atom. The molecule has 0 aliphatic heterocycles. The van der Waals surface area contributed by atoms with Crippen molar-refractivity contribution in [3.63, 3.8) is 0 Å². The molecule has 1 aromatic rings. The van der Waals surface area contributed by atoms with Gasteiger partial charge in [0.05, 0.1) is 12.7 Å². The van der Waals surface area contributed by atoms with Crippen LogP contribution in [-0.2, 0) is 14.8 Å². The van der Waals surface area contributed by atoms with Crippen LogP contribution < -0.4 is 9.46 Å². The van der Waals surface area contributed by atoms with Crippen LogP contribution in [0, 0.1) is 0 Å². The summed E-state index contributed by atoms with van der Waals surface area (Å²) in [6, 6.07) is 1.11. The van der Waals surface area contributed by atoms with Crippen LogP contribution >= 0.6 is 11.6 Å². The molecular formula is C15H21ClN2O6S. The van der Waals surface area contributed by atoms with E-state index >= 15 is 0 Å². The maximum atomic E-state index is 12.7. The van der Waals surface area contributed by atoms with Gasteiger partial charge in [0.2, 0.25) is 10.0 Å². The summed E-state index contributed by atoms with van der Waals surface area (Å²) in [4.78, 5) is 24.4. The number of carbonyl (C=O) groups excluding carboxylic acids is 1. The van der Waals surface area contributed by atoms with Crippen LogP contribution in [0.5, 0.6) is 5.75 Å². The second-order valence-corrected chi connectivity index (χ2v) is 7.60. The van der Waals surface area contributed by atoms with Gasteiger partial charge in [-0.15, -0.1) is 0 Å². The van der Waals surface area contributed by atoms with Crippen LogP contribution in [-0.4, -0.2) is 57.5 Å². The summed E-state index contributed by atoms with van der Waals surface area (Å²) < 4.78 is 32.6. The average Bonchev–Trinajstić information content (AvgIpc) is 2.52. The molecular weight excluding hydrogens is 372 g/mol. The lowest BCUT2D eigenvalue weighted by atomic mass is 10.2. The number of nitrogens with zero attached hydrogens (tertiary/aromatic N) is 1. The number of sulfonamides is 1. The molecule has 1 unspecified atom stereocenters. The average molecular weight is 393 g/mol. The minimum Gasteiger partial charge on any atom is -0.494 e. The zero-order chi connectivity index (χ0) is 19.4. The summed E-state index contributed by atoms with van der Waals surface area (Å²) in [6.45, 7) is 1.73. The quantitative estimate of drug-likeness (QED) is 0.694. The number of methoxy groups -OCH3 is 1. The molecule has 0 saturated carbocycles. The Kier molecular flexibility index (Phi) is 7.21. The molecule has 140 valence electrons. The number of nitrogens with one attached hydrogen (secondary N) is 1. The van der Waals surface area contributed by atoms with Gasteiger partial charge < -0.3 is 14.7 Å². The number of carboxylic acids is 1. The number of halogens is 1. The van der Waals surface area contributed by atoms with E-state index in [0.29, 0.717) is 6.42 Å². The molecule has 0 radical (unpaired) electrons. The lowest BCUT2D eigenvalue weighted by Crippen LogP contribution is -2.40. The molecule has 10 heteroatoms. The third kappa shape index (κ3) is 5.07. The van der Waals surface area contributed by atoms with E-state index in [1.165, 1.54) is 32.2 Å². The summed E-state index contributed by atoms with van der Waals surface area (Å²) in [7, 11) is -0.0734. The number of carboxylic acid groups (broad SMARTS) is 1. The SMILES string of the molecule is CCCC(NS(=O)(=O)c1cc(Cl)cc(C(=O)N(C)C)c1OC)C(=O)O. The van der Waals surface area contributed by atoms with Gasteiger partial charge in [-0.2, -0.15) is 4.72 Å². The van der Waals surface area contributed by atoms with Crippen molar-refractivity contribution in [3.8, 4) is 5.75 Å². The van der Waals surface area contributed by atoms with E-state index in [4.69, 9.17) is 21.4 Å². The fraction of sp³-hybridized carbons (Fsp3) is 0.467. The Balaban J connectivity index is 3.49. The lowest BCUT2D eigenvalue weighted by Gasteiger charge is -2.19. The van der Waals surface area contributed by atoms with Crippen LogP contribution in [0.15, 0.2) is 17.0 Å². The molecule has 25 heavy (non-hydrogen) atoms. The maximum absolute atomic E-state index is 12.7. The van der Waals surface area contributed by atoms with Gasteiger partial charge in [0.25, 0.3) is 5.91 Å². The molecule has 0 aliphatic rings. The number of aliphatic carboxylic acids is 1. The van der Waals surface area contributed by atoms with Crippen molar-refractivity contribution in [1.29, 1.82) is 0 Å². The van der Waals surface area contributed by atoms with Crippen molar-refractivity contribution in [3.05, 3.63) is 22.7 Å². The molecule has 2 N–H and O–H groups in total. The molecule has 0 aromatic heterocycles. The van der Waals surface area contributed by atoms with Gasteiger partial charge in [0, 0.05) is 19.1 Å². The third-order valence-corrected chi connectivity index (χ3v) is 5.02. The number of hydrogen-bond donors (Lipinski definition) is 2. The number of ether oxygens (including phenoxy) is 1. The predicted octanol–water partition coefficient (Wildman–Crippen LogP) is 1.58. The van der Waals surface area contributed by atoms with E-state index in [2.05, 4.69) is 4.72 Å². The van der Waals surface area contributed by atoms with Crippen molar-refractivity contribution in [2.24, 2.45) is 0 Å². The first-order valence-electron chi connectivity index (χ1n) is 7.39. The zero-order valence-corrected chi connectivity index (χ0v) is 15.9. The number of hydrogen-bond acceptors (Lipinski definition) is 5. The standard InChI is InChI=1S/C15H21ClN2O6S/c1-5-6-11(15(20)21)17-25(22,23)12-8-9(16)7-10(13(12)24-4)14(19)18(2)3/h7-8,11,17H,5-6H2,1-4H3,(H,20,21). The Hall–Kier alpha value is -1.84. The molecule has 1 atom stereocenters. The first-order valence-corrected chi connectivity index (χ1v) is 9.25. The monoisotopic (exact) mass is 392 g/mol. The van der Waals surface area contributed by atoms with Crippen molar-refractivity contribution in [2.75, 3.05) is 21.2 Å². The highest BCUT2D eigenvalue weighted by atomic mass is 35.5. The molecule has 1 rings (SSSR count). The van der Waals surface area contributed by atoms with E-state index in [9.17, 15) is 18.0 Å². The van der Waals surface area contributed by atoms with E-state index < -0.39 is 32.8 Å². The predicted molar refractivity (Wildman–Crippen MR) is 92.7 cm³/mol. The Bertz CT molecular complexity index is 764. The highest BCUT2D eigenvalue weighted by Gasteiger charge is 2.30. The first-order chi connectivity index (χ1) is 11.5. The summed E-state index contributed by atoms with van der Waals surface area (Å²) in [5.74, 6) is -1.99. The fourth-order valence-corrected chi connectivity index (χ4v) is 3.87. The summed E-state index contributed by atoms with van der Waals surface area (Å²) in [5.41, 5.74) is -0.0391. The molecule has 1 aromatic carbocycles. The molecule has 1 amide bonds. The first kappa shape index (κ1) is 21.2. The number of amides is 1. The number of carbonyl (C=O) groups is 2. The van der Waals surface area contributed by atoms with Gasteiger partial charge in [0.1, 0.15) is 10.9 Å². The second kappa shape index (κ2) is 8.50. The van der Waals surface area contributed by atoms with E-state index in [1.807, 2.05) is 0 Å². The van der Waals surface area contributed by atoms with Crippen molar-refractivity contribution in [1.82, 2.24) is 9.62 Å².